The van der Waals surface area contributed by atoms with E-state index in [1.807, 2.05) is 0 Å². The van der Waals surface area contributed by atoms with Crippen LogP contribution in [0.2, 0.25) is 0 Å². The van der Waals surface area contributed by atoms with Crippen LogP contribution < -0.4 is 4.74 Å². The van der Waals surface area contributed by atoms with Crippen molar-refractivity contribution >= 4 is 12.2 Å². The minimum Gasteiger partial charge on any atom is -0.470 e. The summed E-state index contributed by atoms with van der Waals surface area (Å²) in [5.74, 6) is 6.51. The molecule has 1 aromatic carbocycles. The van der Waals surface area contributed by atoms with Crippen LogP contribution in [-0.2, 0) is 19.3 Å². The number of oxazole rings is 1. The molecule has 4 rings (SSSR count). The molecule has 0 saturated heterocycles. The fourth-order valence-electron chi connectivity index (χ4n) is 2.70. The molecule has 0 spiro atoms. The van der Waals surface area contributed by atoms with Crippen LogP contribution >= 0.6 is 0 Å². The van der Waals surface area contributed by atoms with Crippen molar-refractivity contribution in [1.82, 2.24) is 30.2 Å². The summed E-state index contributed by atoms with van der Waals surface area (Å²) >= 11 is 0. The third-order valence-corrected chi connectivity index (χ3v) is 4.39. The third kappa shape index (κ3) is 6.52. The summed E-state index contributed by atoms with van der Waals surface area (Å²) < 4.78 is 50.4. The first-order chi connectivity index (χ1) is 16.5. The molecule has 0 aliphatic rings. The topological polar surface area (TPSA) is 91.8 Å². The van der Waals surface area contributed by atoms with Crippen molar-refractivity contribution in [2.75, 3.05) is 0 Å². The number of rotatable bonds is 7. The van der Waals surface area contributed by atoms with Gasteiger partial charge in [-0.15, -0.1) is 15.3 Å². The van der Waals surface area contributed by atoms with E-state index in [0.717, 1.165) is 12.1 Å². The van der Waals surface area contributed by atoms with Crippen molar-refractivity contribution in [3.63, 3.8) is 0 Å². The lowest BCUT2D eigenvalue weighted by Crippen LogP contribution is -2.03. The molecule has 0 N–H and O–H groups in total. The molecule has 172 valence electrons. The fourth-order valence-corrected chi connectivity index (χ4v) is 2.70. The lowest BCUT2D eigenvalue weighted by Gasteiger charge is -2.05. The van der Waals surface area contributed by atoms with Gasteiger partial charge in [-0.05, 0) is 35.8 Å². The van der Waals surface area contributed by atoms with Crippen LogP contribution in [0, 0.1) is 11.8 Å². The Balaban J connectivity index is 1.25. The van der Waals surface area contributed by atoms with Gasteiger partial charge in [0.15, 0.2) is 0 Å². The first-order valence-electron chi connectivity index (χ1n) is 10.0. The summed E-state index contributed by atoms with van der Waals surface area (Å²) in [7, 11) is 0. The summed E-state index contributed by atoms with van der Waals surface area (Å²) in [6.07, 6.45) is 4.20. The maximum atomic E-state index is 12.6. The van der Waals surface area contributed by atoms with Gasteiger partial charge in [0.2, 0.25) is 11.8 Å². The number of nitrogens with zero attached hydrogens (tertiary/aromatic N) is 6. The maximum absolute atomic E-state index is 12.6. The van der Waals surface area contributed by atoms with E-state index >= 15 is 0 Å². The zero-order valence-corrected chi connectivity index (χ0v) is 17.6. The molecule has 0 aliphatic carbocycles. The minimum absolute atomic E-state index is 0.106. The number of benzene rings is 1. The number of hydrogen-bond acceptors (Lipinski definition) is 7. The van der Waals surface area contributed by atoms with E-state index in [9.17, 15) is 13.2 Å². The zero-order chi connectivity index (χ0) is 23.8. The van der Waals surface area contributed by atoms with E-state index in [1.165, 1.54) is 18.4 Å². The third-order valence-electron chi connectivity index (χ3n) is 4.39. The minimum atomic E-state index is -4.36. The van der Waals surface area contributed by atoms with Crippen molar-refractivity contribution in [2.24, 2.45) is 0 Å². The van der Waals surface area contributed by atoms with Crippen LogP contribution in [0.25, 0.3) is 12.2 Å². The SMILES string of the molecule is FC(F)(F)c1ccc(/C=C/c2nc(COc3ccc(C#CCCn4ccnn4)nn3)co2)cc1. The van der Waals surface area contributed by atoms with Gasteiger partial charge in [0.05, 0.1) is 18.3 Å². The summed E-state index contributed by atoms with van der Waals surface area (Å²) in [6.45, 7) is 0.746. The maximum Gasteiger partial charge on any atom is 0.416 e. The highest BCUT2D eigenvalue weighted by Crippen LogP contribution is 2.29. The molecule has 0 bridgehead atoms. The van der Waals surface area contributed by atoms with Gasteiger partial charge in [0.1, 0.15) is 24.3 Å². The highest BCUT2D eigenvalue weighted by molar-refractivity contribution is 5.66. The second kappa shape index (κ2) is 10.4. The van der Waals surface area contributed by atoms with Crippen molar-refractivity contribution in [3.05, 3.63) is 83.5 Å². The standard InChI is InChI=1S/C23H17F3N6O2/c24-23(25,26)18-7-4-17(5-8-18)6-10-21-28-20(15-33-21)16-34-22-11-9-19(29-30-22)3-1-2-13-32-14-12-27-31-32/h4-12,14-15H,2,13,16H2/b10-6+. The smallest absolute Gasteiger partial charge is 0.416 e. The molecule has 3 aromatic heterocycles. The van der Waals surface area contributed by atoms with E-state index in [1.54, 1.807) is 41.4 Å². The molecule has 0 unspecified atom stereocenters. The molecule has 8 nitrogen and oxygen atoms in total. The van der Waals surface area contributed by atoms with Crippen LogP contribution in [0.4, 0.5) is 13.2 Å². The molecule has 0 saturated carbocycles. The zero-order valence-electron chi connectivity index (χ0n) is 17.6. The van der Waals surface area contributed by atoms with E-state index in [-0.39, 0.29) is 6.61 Å². The summed E-state index contributed by atoms with van der Waals surface area (Å²) in [6, 6.07) is 8.13. The lowest BCUT2D eigenvalue weighted by molar-refractivity contribution is -0.137. The van der Waals surface area contributed by atoms with Crippen LogP contribution in [0.3, 0.4) is 0 Å². The largest absolute Gasteiger partial charge is 0.470 e. The lowest BCUT2D eigenvalue weighted by atomic mass is 10.1. The summed E-state index contributed by atoms with van der Waals surface area (Å²) in [4.78, 5) is 4.25. The molecule has 11 heteroatoms. The Morgan fingerprint density at radius 1 is 1.06 bits per heavy atom. The number of aromatic nitrogens is 6. The number of ether oxygens (including phenoxy) is 1. The number of halogens is 3. The molecular formula is C23H17F3N6O2. The van der Waals surface area contributed by atoms with E-state index in [4.69, 9.17) is 9.15 Å². The normalized spacial score (nSPS) is 11.4. The molecule has 34 heavy (non-hydrogen) atoms. The highest BCUT2D eigenvalue weighted by Gasteiger charge is 2.29. The Morgan fingerprint density at radius 2 is 1.91 bits per heavy atom. The van der Waals surface area contributed by atoms with Gasteiger partial charge < -0.3 is 9.15 Å². The quantitative estimate of drug-likeness (QED) is 0.376. The number of hydrogen-bond donors (Lipinski definition) is 0. The van der Waals surface area contributed by atoms with Crippen molar-refractivity contribution in [3.8, 4) is 17.7 Å². The molecule has 0 atom stereocenters. The molecule has 0 aliphatic heterocycles. The van der Waals surface area contributed by atoms with Crippen LogP contribution in [-0.4, -0.2) is 30.2 Å². The number of alkyl halides is 3. The van der Waals surface area contributed by atoms with Gasteiger partial charge in [-0.25, -0.2) is 4.98 Å². The first-order valence-corrected chi connectivity index (χ1v) is 10.0. The number of aryl methyl sites for hydroxylation is 1. The molecule has 4 aromatic rings. The van der Waals surface area contributed by atoms with Crippen molar-refractivity contribution in [1.29, 1.82) is 0 Å². The van der Waals surface area contributed by atoms with E-state index in [0.29, 0.717) is 41.7 Å². The van der Waals surface area contributed by atoms with Gasteiger partial charge in [0.25, 0.3) is 0 Å². The molecule has 3 heterocycles. The van der Waals surface area contributed by atoms with E-state index in [2.05, 4.69) is 37.3 Å². The average Bonchev–Trinajstić information content (AvgIpc) is 3.52. The van der Waals surface area contributed by atoms with Crippen LogP contribution in [0.1, 0.15) is 34.8 Å². The Kier molecular flexibility index (Phi) is 6.98. The van der Waals surface area contributed by atoms with Gasteiger partial charge in [-0.3, -0.25) is 4.68 Å². The predicted octanol–water partition coefficient (Wildman–Crippen LogP) is 4.27. The molecule has 0 amide bonds. The monoisotopic (exact) mass is 466 g/mol. The summed E-state index contributed by atoms with van der Waals surface area (Å²) in [5, 5.41) is 15.6. The first kappa shape index (κ1) is 22.7. The molecule has 0 radical (unpaired) electrons. The van der Waals surface area contributed by atoms with Crippen molar-refractivity contribution in [2.45, 2.75) is 25.7 Å². The molecular weight excluding hydrogens is 449 g/mol. The fraction of sp³-hybridized carbons (Fsp3) is 0.174. The van der Waals surface area contributed by atoms with Crippen LogP contribution in [0.15, 0.2) is 59.5 Å². The second-order valence-electron chi connectivity index (χ2n) is 6.89. The Bertz CT molecular complexity index is 1290. The van der Waals surface area contributed by atoms with E-state index < -0.39 is 11.7 Å². The van der Waals surface area contributed by atoms with Gasteiger partial charge >= 0.3 is 6.18 Å². The molecule has 0 fully saturated rings. The average molecular weight is 466 g/mol. The predicted molar refractivity (Wildman–Crippen MR) is 115 cm³/mol. The van der Waals surface area contributed by atoms with Gasteiger partial charge in [-0.2, -0.15) is 13.2 Å². The second-order valence-corrected chi connectivity index (χ2v) is 6.89. The Labute approximate surface area is 192 Å². The van der Waals surface area contributed by atoms with Gasteiger partial charge in [-0.1, -0.05) is 23.3 Å². The Morgan fingerprint density at radius 3 is 2.62 bits per heavy atom. The van der Waals surface area contributed by atoms with Crippen molar-refractivity contribution < 1.29 is 22.3 Å². The highest BCUT2D eigenvalue weighted by atomic mass is 19.4. The van der Waals surface area contributed by atoms with Crippen LogP contribution in [0.5, 0.6) is 5.88 Å². The summed E-state index contributed by atoms with van der Waals surface area (Å²) in [5.41, 5.74) is 0.918. The Hall–Kier alpha value is -4.46. The van der Waals surface area contributed by atoms with Gasteiger partial charge in [0, 0.05) is 24.8 Å².